The lowest BCUT2D eigenvalue weighted by Crippen LogP contribution is -2.48. The summed E-state index contributed by atoms with van der Waals surface area (Å²) in [5.74, 6) is -0.407. The second-order valence-electron chi connectivity index (χ2n) is 6.31. The van der Waals surface area contributed by atoms with Crippen LogP contribution < -0.4 is 5.32 Å². The van der Waals surface area contributed by atoms with E-state index >= 15 is 0 Å². The summed E-state index contributed by atoms with van der Waals surface area (Å²) in [5.41, 5.74) is 0.0504. The van der Waals surface area contributed by atoms with Crippen LogP contribution in [0, 0.1) is 0 Å². The van der Waals surface area contributed by atoms with Crippen molar-refractivity contribution in [2.75, 3.05) is 6.54 Å². The highest BCUT2D eigenvalue weighted by Gasteiger charge is 2.51. The molecule has 2 aliphatic rings. The van der Waals surface area contributed by atoms with E-state index in [1.54, 1.807) is 24.3 Å². The fourth-order valence-corrected chi connectivity index (χ4v) is 3.50. The van der Waals surface area contributed by atoms with Crippen molar-refractivity contribution in [3.05, 3.63) is 34.9 Å². The van der Waals surface area contributed by atoms with Crippen LogP contribution in [0.15, 0.2) is 24.3 Å². The van der Waals surface area contributed by atoms with Gasteiger partial charge in [0.25, 0.3) is 5.91 Å². The number of benzene rings is 1. The number of rotatable bonds is 4. The van der Waals surface area contributed by atoms with Gasteiger partial charge in [0.05, 0.1) is 6.54 Å². The van der Waals surface area contributed by atoms with E-state index in [4.69, 9.17) is 11.6 Å². The predicted molar refractivity (Wildman–Crippen MR) is 86.2 cm³/mol. The molecule has 3 amide bonds. The van der Waals surface area contributed by atoms with Gasteiger partial charge in [0.2, 0.25) is 0 Å². The third-order valence-corrected chi connectivity index (χ3v) is 4.85. The number of nitrogens with zero attached hydrogens (tertiary/aromatic N) is 1. The van der Waals surface area contributed by atoms with Gasteiger partial charge in [0.15, 0.2) is 5.78 Å². The van der Waals surface area contributed by atoms with Crippen LogP contribution in [-0.4, -0.2) is 34.7 Å². The Bertz CT molecular complexity index is 636. The molecule has 1 spiro atoms. The van der Waals surface area contributed by atoms with E-state index in [1.807, 2.05) is 0 Å². The van der Waals surface area contributed by atoms with E-state index in [0.717, 1.165) is 29.7 Å². The van der Waals surface area contributed by atoms with E-state index in [-0.39, 0.29) is 24.7 Å². The Kier molecular flexibility index (Phi) is 4.39. The molecule has 0 unspecified atom stereocenters. The Morgan fingerprint density at radius 2 is 1.78 bits per heavy atom. The largest absolute Gasteiger partial charge is 0.325 e. The number of halogens is 1. The topological polar surface area (TPSA) is 66.5 Å². The van der Waals surface area contributed by atoms with Crippen LogP contribution in [0.25, 0.3) is 0 Å². The summed E-state index contributed by atoms with van der Waals surface area (Å²) in [6.07, 6.45) is 4.46. The smallest absolute Gasteiger partial charge is 0.323 e. The normalized spacial score (nSPS) is 20.0. The molecule has 1 N–H and O–H groups in total. The zero-order valence-corrected chi connectivity index (χ0v) is 13.6. The van der Waals surface area contributed by atoms with Gasteiger partial charge < -0.3 is 5.32 Å². The molecular formula is C17H19ClN2O3. The van der Waals surface area contributed by atoms with Gasteiger partial charge in [-0.25, -0.2) is 4.79 Å². The third-order valence-electron chi connectivity index (χ3n) is 4.60. The molecule has 0 bridgehead atoms. The van der Waals surface area contributed by atoms with Gasteiger partial charge in [-0.3, -0.25) is 14.5 Å². The summed E-state index contributed by atoms with van der Waals surface area (Å²) >= 11 is 5.82. The van der Waals surface area contributed by atoms with E-state index in [1.165, 1.54) is 0 Å². The molecule has 1 saturated carbocycles. The van der Waals surface area contributed by atoms with Crippen molar-refractivity contribution in [1.29, 1.82) is 0 Å². The highest BCUT2D eigenvalue weighted by Crippen LogP contribution is 2.33. The summed E-state index contributed by atoms with van der Waals surface area (Å²) in [6, 6.07) is 6.54. The lowest BCUT2D eigenvalue weighted by atomic mass is 9.82. The fraction of sp³-hybridized carbons (Fsp3) is 0.471. The van der Waals surface area contributed by atoms with Crippen LogP contribution in [0.2, 0.25) is 5.02 Å². The first kappa shape index (κ1) is 16.0. The Morgan fingerprint density at radius 1 is 1.13 bits per heavy atom. The second kappa shape index (κ2) is 6.32. The molecule has 1 aliphatic heterocycles. The van der Waals surface area contributed by atoms with Crippen LogP contribution in [0.4, 0.5) is 4.79 Å². The van der Waals surface area contributed by atoms with E-state index in [2.05, 4.69) is 5.32 Å². The SMILES string of the molecule is O=C(Cc1ccc(Cl)cc1)CN1C(=O)NC2(CCCCC2)C1=O. The third kappa shape index (κ3) is 3.24. The Hall–Kier alpha value is -1.88. The zero-order chi connectivity index (χ0) is 16.4. The van der Waals surface area contributed by atoms with Crippen molar-refractivity contribution in [3.8, 4) is 0 Å². The summed E-state index contributed by atoms with van der Waals surface area (Å²) in [5, 5.41) is 3.42. The Labute approximate surface area is 140 Å². The number of hydrogen-bond acceptors (Lipinski definition) is 3. The second-order valence-corrected chi connectivity index (χ2v) is 6.74. The van der Waals surface area contributed by atoms with Gasteiger partial charge in [-0.2, -0.15) is 0 Å². The van der Waals surface area contributed by atoms with Crippen molar-refractivity contribution in [2.24, 2.45) is 0 Å². The lowest BCUT2D eigenvalue weighted by Gasteiger charge is -2.30. The van der Waals surface area contributed by atoms with Crippen molar-refractivity contribution in [1.82, 2.24) is 10.2 Å². The van der Waals surface area contributed by atoms with Gasteiger partial charge >= 0.3 is 6.03 Å². The minimum absolute atomic E-state index is 0.163. The van der Waals surface area contributed by atoms with E-state index in [0.29, 0.717) is 17.9 Å². The maximum atomic E-state index is 12.6. The van der Waals surface area contributed by atoms with Crippen LogP contribution in [0.1, 0.15) is 37.7 Å². The van der Waals surface area contributed by atoms with Crippen LogP contribution in [-0.2, 0) is 16.0 Å². The van der Waals surface area contributed by atoms with E-state index in [9.17, 15) is 14.4 Å². The fourth-order valence-electron chi connectivity index (χ4n) is 3.38. The Balaban J connectivity index is 1.65. The van der Waals surface area contributed by atoms with Crippen molar-refractivity contribution in [2.45, 2.75) is 44.1 Å². The maximum absolute atomic E-state index is 12.6. The van der Waals surface area contributed by atoms with Crippen molar-refractivity contribution >= 4 is 29.3 Å². The molecular weight excluding hydrogens is 316 g/mol. The molecule has 2 fully saturated rings. The van der Waals surface area contributed by atoms with Crippen LogP contribution >= 0.6 is 11.6 Å². The zero-order valence-electron chi connectivity index (χ0n) is 12.8. The number of carbonyl (C=O) groups is 3. The molecule has 6 heteroatoms. The van der Waals surface area contributed by atoms with Crippen LogP contribution in [0.3, 0.4) is 0 Å². The summed E-state index contributed by atoms with van der Waals surface area (Å²) < 4.78 is 0. The number of nitrogens with one attached hydrogen (secondary N) is 1. The molecule has 122 valence electrons. The average Bonchev–Trinajstić information content (AvgIpc) is 2.75. The number of amides is 3. The van der Waals surface area contributed by atoms with E-state index < -0.39 is 11.6 Å². The molecule has 1 aromatic carbocycles. The summed E-state index contributed by atoms with van der Waals surface area (Å²) in [4.78, 5) is 38.0. The van der Waals surface area contributed by atoms with Crippen molar-refractivity contribution in [3.63, 3.8) is 0 Å². The minimum Gasteiger partial charge on any atom is -0.323 e. The number of ketones is 1. The molecule has 1 aromatic rings. The number of urea groups is 1. The summed E-state index contributed by atoms with van der Waals surface area (Å²) in [7, 11) is 0. The summed E-state index contributed by atoms with van der Waals surface area (Å²) in [6.45, 7) is -0.172. The monoisotopic (exact) mass is 334 g/mol. The Morgan fingerprint density at radius 3 is 2.43 bits per heavy atom. The molecule has 0 atom stereocenters. The van der Waals surface area contributed by atoms with Crippen LogP contribution in [0.5, 0.6) is 0 Å². The molecule has 0 aromatic heterocycles. The quantitative estimate of drug-likeness (QED) is 0.861. The minimum atomic E-state index is -0.768. The molecule has 1 heterocycles. The predicted octanol–water partition coefficient (Wildman–Crippen LogP) is 2.71. The number of imide groups is 1. The lowest BCUT2D eigenvalue weighted by molar-refractivity contribution is -0.135. The first-order valence-corrected chi connectivity index (χ1v) is 8.28. The highest BCUT2D eigenvalue weighted by molar-refractivity contribution is 6.30. The molecule has 23 heavy (non-hydrogen) atoms. The van der Waals surface area contributed by atoms with Crippen molar-refractivity contribution < 1.29 is 14.4 Å². The standard InChI is InChI=1S/C17H19ClN2O3/c18-13-6-4-12(5-7-13)10-14(21)11-20-15(22)17(19-16(20)23)8-2-1-3-9-17/h4-7H,1-3,8-11H2,(H,19,23). The molecule has 1 saturated heterocycles. The molecule has 1 aliphatic carbocycles. The first-order valence-electron chi connectivity index (χ1n) is 7.90. The van der Waals surface area contributed by atoms with Gasteiger partial charge in [-0.15, -0.1) is 0 Å². The molecule has 3 rings (SSSR count). The van der Waals surface area contributed by atoms with Gasteiger partial charge in [0.1, 0.15) is 5.54 Å². The average molecular weight is 335 g/mol. The molecule has 0 radical (unpaired) electrons. The van der Waals surface area contributed by atoms with Gasteiger partial charge in [0, 0.05) is 11.4 Å². The number of hydrogen-bond donors (Lipinski definition) is 1. The maximum Gasteiger partial charge on any atom is 0.325 e. The van der Waals surface area contributed by atoms with Gasteiger partial charge in [-0.05, 0) is 30.5 Å². The van der Waals surface area contributed by atoms with Gasteiger partial charge in [-0.1, -0.05) is 43.0 Å². The highest BCUT2D eigenvalue weighted by atomic mass is 35.5. The number of Topliss-reactive ketones (excluding diaryl/α,β-unsaturated/α-hetero) is 1. The first-order chi connectivity index (χ1) is 11.0. The molecule has 5 nitrogen and oxygen atoms in total. The number of carbonyl (C=O) groups excluding carboxylic acids is 3.